The van der Waals surface area contributed by atoms with E-state index >= 15 is 0 Å². The van der Waals surface area contributed by atoms with Gasteiger partial charge in [-0.05, 0) is 31.6 Å². The third kappa shape index (κ3) is 62.6. The van der Waals surface area contributed by atoms with E-state index in [4.69, 9.17) is 37.0 Å². The highest BCUT2D eigenvalue weighted by atomic mass is 31.2. The normalized spacial score (nSPS) is 14.1. The zero-order valence-electron chi connectivity index (χ0n) is 56.2. The van der Waals surface area contributed by atoms with Gasteiger partial charge in [-0.2, -0.15) is 0 Å². The fourth-order valence-corrected chi connectivity index (χ4v) is 11.9. The van der Waals surface area contributed by atoms with Crippen molar-refractivity contribution in [1.29, 1.82) is 0 Å². The summed E-state index contributed by atoms with van der Waals surface area (Å²) in [6, 6.07) is 0. The number of carbonyl (C=O) groups excluding carboxylic acids is 4. The maximum absolute atomic E-state index is 13.0. The second-order valence-electron chi connectivity index (χ2n) is 25.0. The van der Waals surface area contributed by atoms with Crippen LogP contribution in [-0.4, -0.2) is 96.7 Å². The zero-order chi connectivity index (χ0) is 64.2. The van der Waals surface area contributed by atoms with Crippen LogP contribution in [0.3, 0.4) is 0 Å². The number of esters is 4. The van der Waals surface area contributed by atoms with Crippen molar-refractivity contribution in [2.24, 2.45) is 5.92 Å². The van der Waals surface area contributed by atoms with Crippen LogP contribution in [0.5, 0.6) is 0 Å². The number of ether oxygens (including phenoxy) is 4. The molecule has 0 saturated heterocycles. The SMILES string of the molecule is CCCCCCCCCCCCCCCCCCC(=O)OC[C@H](COP(=O)(O)OC[C@@H](O)COP(=O)(O)OC[C@@H](COC(=O)CCCCCCCCC)OC(=O)CCCCCCCCC)OC(=O)CCCCCCCCCCCCCCCCC(C)C. The molecule has 0 radical (unpaired) electrons. The van der Waals surface area contributed by atoms with Gasteiger partial charge in [0.1, 0.15) is 19.3 Å². The van der Waals surface area contributed by atoms with Gasteiger partial charge in [0.05, 0.1) is 26.4 Å². The first-order valence-electron chi connectivity index (χ1n) is 35.6. The van der Waals surface area contributed by atoms with Crippen molar-refractivity contribution in [2.75, 3.05) is 39.6 Å². The van der Waals surface area contributed by atoms with Crippen molar-refractivity contribution < 1.29 is 80.2 Å². The van der Waals surface area contributed by atoms with Crippen LogP contribution in [0.1, 0.15) is 349 Å². The quantitative estimate of drug-likeness (QED) is 0.0222. The number of unbranched alkanes of at least 4 members (excludes halogenated alkanes) is 40. The van der Waals surface area contributed by atoms with E-state index in [1.165, 1.54) is 148 Å². The van der Waals surface area contributed by atoms with Gasteiger partial charge in [0.15, 0.2) is 12.2 Å². The Morgan fingerprint density at radius 1 is 0.310 bits per heavy atom. The largest absolute Gasteiger partial charge is 0.472 e. The Kier molecular flexibility index (Phi) is 60.2. The predicted octanol–water partition coefficient (Wildman–Crippen LogP) is 19.4. The van der Waals surface area contributed by atoms with Crippen molar-refractivity contribution in [2.45, 2.75) is 368 Å². The number of aliphatic hydroxyl groups excluding tert-OH is 1. The monoisotopic (exact) mass is 1280 g/mol. The first-order chi connectivity index (χ1) is 42.0. The highest BCUT2D eigenvalue weighted by Gasteiger charge is 2.30. The first-order valence-corrected chi connectivity index (χ1v) is 38.6. The topological polar surface area (TPSA) is 237 Å². The minimum Gasteiger partial charge on any atom is -0.462 e. The number of aliphatic hydroxyl groups is 1. The fourth-order valence-electron chi connectivity index (χ4n) is 10.3. The molecule has 87 heavy (non-hydrogen) atoms. The summed E-state index contributed by atoms with van der Waals surface area (Å²) in [6.45, 7) is 7.17. The Morgan fingerprint density at radius 2 is 0.529 bits per heavy atom. The van der Waals surface area contributed by atoms with Gasteiger partial charge in [-0.25, -0.2) is 9.13 Å². The van der Waals surface area contributed by atoms with Crippen LogP contribution in [0.15, 0.2) is 0 Å². The lowest BCUT2D eigenvalue weighted by molar-refractivity contribution is -0.161. The lowest BCUT2D eigenvalue weighted by atomic mass is 10.0. The molecule has 5 atom stereocenters. The number of hydrogen-bond donors (Lipinski definition) is 3. The lowest BCUT2D eigenvalue weighted by Crippen LogP contribution is -2.30. The molecular weight excluding hydrogens is 1150 g/mol. The fraction of sp³-hybridized carbons (Fsp3) is 0.941. The van der Waals surface area contributed by atoms with Gasteiger partial charge in [-0.15, -0.1) is 0 Å². The highest BCUT2D eigenvalue weighted by molar-refractivity contribution is 7.47. The van der Waals surface area contributed by atoms with Gasteiger partial charge in [-0.1, -0.05) is 298 Å². The van der Waals surface area contributed by atoms with E-state index in [1.54, 1.807) is 0 Å². The zero-order valence-corrected chi connectivity index (χ0v) is 57.9. The molecule has 0 aliphatic rings. The molecule has 19 heteroatoms. The number of phosphoric ester groups is 2. The second kappa shape index (κ2) is 61.6. The number of phosphoric acid groups is 2. The molecule has 516 valence electrons. The molecule has 0 rings (SSSR count). The molecule has 0 aliphatic heterocycles. The van der Waals surface area contributed by atoms with Crippen molar-refractivity contribution in [1.82, 2.24) is 0 Å². The second-order valence-corrected chi connectivity index (χ2v) is 27.9. The minimum atomic E-state index is -4.95. The molecule has 2 unspecified atom stereocenters. The van der Waals surface area contributed by atoms with Crippen LogP contribution < -0.4 is 0 Å². The number of hydrogen-bond acceptors (Lipinski definition) is 15. The summed E-state index contributed by atoms with van der Waals surface area (Å²) in [5.41, 5.74) is 0. The summed E-state index contributed by atoms with van der Waals surface area (Å²) in [4.78, 5) is 72.2. The Balaban J connectivity index is 5.15. The average molecular weight is 1280 g/mol. The smallest absolute Gasteiger partial charge is 0.462 e. The Morgan fingerprint density at radius 3 is 0.782 bits per heavy atom. The average Bonchev–Trinajstić information content (AvgIpc) is 3.66. The molecule has 17 nitrogen and oxygen atoms in total. The van der Waals surface area contributed by atoms with E-state index in [-0.39, 0.29) is 25.7 Å². The van der Waals surface area contributed by atoms with E-state index in [9.17, 15) is 43.2 Å². The molecule has 0 heterocycles. The van der Waals surface area contributed by atoms with Crippen LogP contribution >= 0.6 is 15.6 Å². The van der Waals surface area contributed by atoms with Crippen LogP contribution in [0.25, 0.3) is 0 Å². The molecule has 3 N–H and O–H groups in total. The molecule has 0 aliphatic carbocycles. The van der Waals surface area contributed by atoms with Crippen molar-refractivity contribution in [3.05, 3.63) is 0 Å². The van der Waals surface area contributed by atoms with Gasteiger partial charge in [-0.3, -0.25) is 37.3 Å². The van der Waals surface area contributed by atoms with Gasteiger partial charge >= 0.3 is 39.5 Å². The van der Waals surface area contributed by atoms with E-state index in [0.717, 1.165) is 121 Å². The molecule has 0 bridgehead atoms. The Labute approximate surface area is 530 Å². The van der Waals surface area contributed by atoms with Gasteiger partial charge in [0.25, 0.3) is 0 Å². The van der Waals surface area contributed by atoms with Crippen molar-refractivity contribution in [3.63, 3.8) is 0 Å². The van der Waals surface area contributed by atoms with Gasteiger partial charge < -0.3 is 33.8 Å². The minimum absolute atomic E-state index is 0.104. The van der Waals surface area contributed by atoms with Gasteiger partial charge in [0.2, 0.25) is 0 Å². The maximum Gasteiger partial charge on any atom is 0.472 e. The van der Waals surface area contributed by atoms with E-state index in [2.05, 4.69) is 34.6 Å². The third-order valence-electron chi connectivity index (χ3n) is 15.8. The molecular formula is C68H132O17P2. The van der Waals surface area contributed by atoms with E-state index < -0.39 is 97.5 Å². The molecule has 0 saturated carbocycles. The predicted molar refractivity (Wildman–Crippen MR) is 349 cm³/mol. The highest BCUT2D eigenvalue weighted by Crippen LogP contribution is 2.45. The summed E-state index contributed by atoms with van der Waals surface area (Å²) in [5, 5.41) is 10.5. The summed E-state index contributed by atoms with van der Waals surface area (Å²) >= 11 is 0. The summed E-state index contributed by atoms with van der Waals surface area (Å²) in [5.74, 6) is -1.34. The molecule has 0 aromatic rings. The maximum atomic E-state index is 13.0. The number of carbonyl (C=O) groups is 4. The van der Waals surface area contributed by atoms with Crippen molar-refractivity contribution in [3.8, 4) is 0 Å². The van der Waals surface area contributed by atoms with E-state index in [1.807, 2.05) is 0 Å². The van der Waals surface area contributed by atoms with Gasteiger partial charge in [0, 0.05) is 25.7 Å². The molecule has 0 fully saturated rings. The standard InChI is InChI=1S/C68H132O17P2/c1-6-9-12-15-18-19-20-21-22-23-27-30-33-38-42-47-52-66(71)79-58-64(85-68(73)54-49-44-39-34-31-28-25-24-26-29-32-37-40-45-50-61(4)5)60-83-87(76,77)81-56-62(69)55-80-86(74,75)82-59-63(84-67(72)53-48-43-36-17-14-11-8-3)57-78-65(70)51-46-41-35-16-13-10-7-2/h61-64,69H,6-60H2,1-5H3,(H,74,75)(H,76,77)/t62-,63+,64+/m0/s1. The molecule has 0 aromatic heterocycles. The Bertz CT molecular complexity index is 1690. The summed E-state index contributed by atoms with van der Waals surface area (Å²) in [6.07, 6.45) is 47.5. The lowest BCUT2D eigenvalue weighted by Gasteiger charge is -2.21. The Hall–Kier alpha value is -1.94. The van der Waals surface area contributed by atoms with Crippen LogP contribution in [0, 0.1) is 5.92 Å². The number of rotatable bonds is 68. The van der Waals surface area contributed by atoms with E-state index in [0.29, 0.717) is 25.7 Å². The molecule has 0 spiro atoms. The van der Waals surface area contributed by atoms with Crippen molar-refractivity contribution >= 4 is 39.5 Å². The van der Waals surface area contributed by atoms with Crippen LogP contribution in [0.2, 0.25) is 0 Å². The molecule has 0 amide bonds. The summed E-state index contributed by atoms with van der Waals surface area (Å²) in [7, 11) is -9.88. The first kappa shape index (κ1) is 85.1. The van der Waals surface area contributed by atoms with Crippen LogP contribution in [0.4, 0.5) is 0 Å². The molecule has 0 aromatic carbocycles. The third-order valence-corrected chi connectivity index (χ3v) is 17.7. The van der Waals surface area contributed by atoms with Crippen LogP contribution in [-0.2, 0) is 65.4 Å². The summed E-state index contributed by atoms with van der Waals surface area (Å²) < 4.78 is 68.0.